The predicted octanol–water partition coefficient (Wildman–Crippen LogP) is 6.93. The summed E-state index contributed by atoms with van der Waals surface area (Å²) in [5, 5.41) is 7.71. The molecule has 0 saturated carbocycles. The number of amides is 1. The van der Waals surface area contributed by atoms with Crippen LogP contribution >= 0.6 is 35.8 Å². The summed E-state index contributed by atoms with van der Waals surface area (Å²) in [6.45, 7) is 1.94. The molecule has 36 heavy (non-hydrogen) atoms. The highest BCUT2D eigenvalue weighted by Crippen LogP contribution is 2.46. The quantitative estimate of drug-likeness (QED) is 0.209. The molecule has 2 N–H and O–H groups in total. The third-order valence-electron chi connectivity index (χ3n) is 5.56. The number of carbonyl (C=O) groups is 1. The van der Waals surface area contributed by atoms with Gasteiger partial charge in [0.1, 0.15) is 11.5 Å². The molecule has 0 bridgehead atoms. The predicted molar refractivity (Wildman–Crippen MR) is 150 cm³/mol. The summed E-state index contributed by atoms with van der Waals surface area (Å²) in [5.74, 6) is 1.67. The van der Waals surface area contributed by atoms with Crippen molar-refractivity contribution in [2.75, 3.05) is 30.6 Å². The fourth-order valence-corrected chi connectivity index (χ4v) is 4.67. The van der Waals surface area contributed by atoms with Gasteiger partial charge in [-0.3, -0.25) is 4.79 Å². The molecule has 0 spiro atoms. The number of methoxy groups -OCH3 is 2. The fourth-order valence-electron chi connectivity index (χ4n) is 3.75. The Balaban J connectivity index is 1.69. The van der Waals surface area contributed by atoms with Crippen LogP contribution < -0.4 is 20.1 Å². The number of thiol groups is 1. The van der Waals surface area contributed by atoms with E-state index in [2.05, 4.69) is 33.2 Å². The van der Waals surface area contributed by atoms with E-state index >= 15 is 0 Å². The number of hydrogen-bond acceptors (Lipinski definition) is 7. The molecule has 0 aliphatic heterocycles. The lowest BCUT2D eigenvalue weighted by molar-refractivity contribution is -0.115. The van der Waals surface area contributed by atoms with Crippen molar-refractivity contribution in [3.8, 4) is 22.6 Å². The highest BCUT2D eigenvalue weighted by molar-refractivity contribution is 7.80. The maximum absolute atomic E-state index is 12.1. The average molecular weight is 543 g/mol. The lowest BCUT2D eigenvalue weighted by Gasteiger charge is -2.16. The van der Waals surface area contributed by atoms with Gasteiger partial charge in [0.2, 0.25) is 11.9 Å². The third-order valence-corrected chi connectivity index (χ3v) is 6.54. The van der Waals surface area contributed by atoms with E-state index in [0.29, 0.717) is 56.4 Å². The molecule has 0 fully saturated rings. The number of ether oxygens (including phenoxy) is 2. The molecule has 0 aliphatic carbocycles. The second-order valence-electron chi connectivity index (χ2n) is 7.90. The second kappa shape index (κ2) is 11.2. The first-order chi connectivity index (χ1) is 17.4. The van der Waals surface area contributed by atoms with Gasteiger partial charge in [0.25, 0.3) is 0 Å². The van der Waals surface area contributed by atoms with Crippen molar-refractivity contribution in [3.05, 3.63) is 64.3 Å². The van der Waals surface area contributed by atoms with Gasteiger partial charge < -0.3 is 20.1 Å². The number of nitrogens with zero attached hydrogens (tertiary/aromatic N) is 2. The zero-order chi connectivity index (χ0) is 25.8. The summed E-state index contributed by atoms with van der Waals surface area (Å²) in [6.07, 6.45) is 2.03. The molecule has 0 radical (unpaired) electrons. The highest BCUT2D eigenvalue weighted by Gasteiger charge is 2.19. The van der Waals surface area contributed by atoms with Crippen LogP contribution in [-0.4, -0.2) is 35.8 Å². The van der Waals surface area contributed by atoms with Crippen molar-refractivity contribution in [2.24, 2.45) is 0 Å². The van der Waals surface area contributed by atoms with E-state index in [4.69, 9.17) is 32.7 Å². The monoisotopic (exact) mass is 542 g/mol. The Morgan fingerprint density at radius 2 is 1.78 bits per heavy atom. The SMILES string of the molecule is COc1cc(OC)c(Cl)c(-c2ccc3nc(Nc4c(C)cccc4NC(=O)CCS)ncc3c2)c1Cl. The summed E-state index contributed by atoms with van der Waals surface area (Å²) in [4.78, 5) is 21.3. The molecule has 1 aromatic heterocycles. The first kappa shape index (κ1) is 25.9. The Morgan fingerprint density at radius 1 is 1.06 bits per heavy atom. The van der Waals surface area contributed by atoms with Crippen LogP contribution in [0.1, 0.15) is 12.0 Å². The molecule has 0 atom stereocenters. The van der Waals surface area contributed by atoms with Gasteiger partial charge in [-0.25, -0.2) is 9.97 Å². The zero-order valence-corrected chi connectivity index (χ0v) is 22.3. The number of carbonyl (C=O) groups excluding carboxylic acids is 1. The van der Waals surface area contributed by atoms with Crippen molar-refractivity contribution in [1.82, 2.24) is 9.97 Å². The fraction of sp³-hybridized carbons (Fsp3) is 0.192. The lowest BCUT2D eigenvalue weighted by Crippen LogP contribution is -2.13. The van der Waals surface area contributed by atoms with Gasteiger partial charge in [0, 0.05) is 29.6 Å². The van der Waals surface area contributed by atoms with Crippen LogP contribution in [-0.2, 0) is 4.79 Å². The molecule has 3 aromatic carbocycles. The minimum Gasteiger partial charge on any atom is -0.495 e. The number of nitrogens with one attached hydrogen (secondary N) is 2. The van der Waals surface area contributed by atoms with E-state index in [1.54, 1.807) is 12.3 Å². The van der Waals surface area contributed by atoms with E-state index in [-0.39, 0.29) is 5.91 Å². The van der Waals surface area contributed by atoms with E-state index in [0.717, 1.165) is 22.2 Å². The number of benzene rings is 3. The largest absolute Gasteiger partial charge is 0.495 e. The number of anilines is 3. The van der Waals surface area contributed by atoms with Crippen LogP contribution in [0, 0.1) is 6.92 Å². The van der Waals surface area contributed by atoms with E-state index < -0.39 is 0 Å². The molecule has 7 nitrogen and oxygen atoms in total. The third kappa shape index (κ3) is 5.31. The summed E-state index contributed by atoms with van der Waals surface area (Å²) >= 11 is 17.3. The van der Waals surface area contributed by atoms with Crippen LogP contribution in [0.4, 0.5) is 17.3 Å². The second-order valence-corrected chi connectivity index (χ2v) is 9.10. The molecular formula is C26H24Cl2N4O3S. The zero-order valence-electron chi connectivity index (χ0n) is 19.9. The summed E-state index contributed by atoms with van der Waals surface area (Å²) in [7, 11) is 3.07. The molecule has 4 aromatic rings. The minimum absolute atomic E-state index is 0.114. The number of halogens is 2. The molecule has 1 amide bonds. The van der Waals surface area contributed by atoms with Crippen molar-refractivity contribution in [1.29, 1.82) is 0 Å². The molecule has 4 rings (SSSR count). The molecule has 1 heterocycles. The Labute approximate surface area is 224 Å². The molecule has 0 aliphatic rings. The molecule has 186 valence electrons. The smallest absolute Gasteiger partial charge is 0.227 e. The Hall–Kier alpha value is -3.20. The van der Waals surface area contributed by atoms with Crippen molar-refractivity contribution < 1.29 is 14.3 Å². The Kier molecular flexibility index (Phi) is 8.08. The number of para-hydroxylation sites is 1. The number of hydrogen-bond donors (Lipinski definition) is 3. The maximum Gasteiger partial charge on any atom is 0.227 e. The highest BCUT2D eigenvalue weighted by atomic mass is 35.5. The molecule has 0 saturated heterocycles. The van der Waals surface area contributed by atoms with Gasteiger partial charge in [-0.05, 0) is 42.0 Å². The first-order valence-corrected chi connectivity index (χ1v) is 12.4. The summed E-state index contributed by atoms with van der Waals surface area (Å²) < 4.78 is 10.8. The van der Waals surface area contributed by atoms with Gasteiger partial charge in [-0.1, -0.05) is 41.4 Å². The standard InChI is InChI=1S/C26H24Cl2N4O3S/c1-14-5-4-6-18(30-21(33)9-10-36)25(14)32-26-29-13-16-11-15(7-8-17(16)31-26)22-23(27)19(34-2)12-20(35-3)24(22)28/h4-8,11-13,36H,9-10H2,1-3H3,(H,30,33)(H,29,31,32). The Bertz CT molecular complexity index is 1420. The van der Waals surface area contributed by atoms with Crippen molar-refractivity contribution in [3.63, 3.8) is 0 Å². The lowest BCUT2D eigenvalue weighted by atomic mass is 10.0. The maximum atomic E-state index is 12.1. The van der Waals surface area contributed by atoms with Crippen molar-refractivity contribution >= 4 is 70.0 Å². The molecular weight excluding hydrogens is 519 g/mol. The van der Waals surface area contributed by atoms with Crippen LogP contribution in [0.3, 0.4) is 0 Å². The van der Waals surface area contributed by atoms with Crippen LogP contribution in [0.2, 0.25) is 10.0 Å². The Morgan fingerprint density at radius 3 is 2.44 bits per heavy atom. The average Bonchev–Trinajstić information content (AvgIpc) is 2.86. The number of rotatable bonds is 8. The van der Waals surface area contributed by atoms with Gasteiger partial charge in [0.15, 0.2) is 0 Å². The first-order valence-electron chi connectivity index (χ1n) is 11.0. The normalized spacial score (nSPS) is 10.8. The van der Waals surface area contributed by atoms with E-state index in [1.165, 1.54) is 14.2 Å². The van der Waals surface area contributed by atoms with Gasteiger partial charge in [0.05, 0.1) is 41.2 Å². The van der Waals surface area contributed by atoms with Crippen LogP contribution in [0.15, 0.2) is 48.7 Å². The number of fused-ring (bicyclic) bond motifs is 1. The molecule has 10 heteroatoms. The van der Waals surface area contributed by atoms with Gasteiger partial charge in [-0.2, -0.15) is 12.6 Å². The van der Waals surface area contributed by atoms with E-state index in [9.17, 15) is 4.79 Å². The van der Waals surface area contributed by atoms with E-state index in [1.807, 2.05) is 43.3 Å². The molecule has 0 unspecified atom stereocenters. The number of aromatic nitrogens is 2. The summed E-state index contributed by atoms with van der Waals surface area (Å²) in [5.41, 5.74) is 4.40. The van der Waals surface area contributed by atoms with Gasteiger partial charge >= 0.3 is 0 Å². The van der Waals surface area contributed by atoms with Gasteiger partial charge in [-0.15, -0.1) is 0 Å². The summed E-state index contributed by atoms with van der Waals surface area (Å²) in [6, 6.07) is 12.9. The van der Waals surface area contributed by atoms with Crippen LogP contribution in [0.25, 0.3) is 22.0 Å². The topological polar surface area (TPSA) is 85.4 Å². The van der Waals surface area contributed by atoms with Crippen molar-refractivity contribution in [2.45, 2.75) is 13.3 Å². The minimum atomic E-state index is -0.114. The van der Waals surface area contributed by atoms with Crippen LogP contribution in [0.5, 0.6) is 11.5 Å². The number of aryl methyl sites for hydroxylation is 1.